The predicted octanol–water partition coefficient (Wildman–Crippen LogP) is 0.263. The quantitative estimate of drug-likeness (QED) is 0.685. The summed E-state index contributed by atoms with van der Waals surface area (Å²) in [6.07, 6.45) is 2.83. The van der Waals surface area contributed by atoms with Gasteiger partial charge in [0.25, 0.3) is 0 Å². The molecule has 6 heteroatoms. The normalized spacial score (nSPS) is 35.0. The molecule has 1 aliphatic heterocycles. The van der Waals surface area contributed by atoms with E-state index in [1.54, 1.807) is 4.90 Å². The maximum atomic E-state index is 12.0. The van der Waals surface area contributed by atoms with Crippen molar-refractivity contribution in [1.29, 1.82) is 0 Å². The van der Waals surface area contributed by atoms with Gasteiger partial charge in [0.05, 0.1) is 11.5 Å². The van der Waals surface area contributed by atoms with Crippen LogP contribution in [-0.4, -0.2) is 52.9 Å². The first-order valence-electron chi connectivity index (χ1n) is 6.96. The van der Waals surface area contributed by atoms with Crippen LogP contribution in [0.15, 0.2) is 0 Å². The molecule has 2 saturated carbocycles. The molecule has 3 atom stereocenters. The largest absolute Gasteiger partial charge is 0.481 e. The third-order valence-electron chi connectivity index (χ3n) is 4.99. The monoisotopic (exact) mass is 268 g/mol. The van der Waals surface area contributed by atoms with E-state index in [9.17, 15) is 14.7 Å². The zero-order valence-electron chi connectivity index (χ0n) is 10.8. The highest BCUT2D eigenvalue weighted by Gasteiger charge is 2.51. The standard InChI is InChI=1S/C13H20N2O4/c16-10-2-1-8-5-15(6-9(8)10)12(19)14-7-13(3-4-13)11(17)18/h8-10,16H,1-7H2,(H,14,19)(H,17,18). The minimum Gasteiger partial charge on any atom is -0.481 e. The lowest BCUT2D eigenvalue weighted by Gasteiger charge is -2.20. The maximum Gasteiger partial charge on any atom is 0.317 e. The highest BCUT2D eigenvalue weighted by atomic mass is 16.4. The van der Waals surface area contributed by atoms with Gasteiger partial charge < -0.3 is 20.4 Å². The SMILES string of the molecule is O=C(NCC1(C(=O)O)CC1)N1CC2CCC(O)C2C1. The van der Waals surface area contributed by atoms with Gasteiger partial charge in [-0.25, -0.2) is 4.79 Å². The molecule has 0 spiro atoms. The molecule has 1 saturated heterocycles. The Labute approximate surface area is 111 Å². The lowest BCUT2D eigenvalue weighted by atomic mass is 10.00. The molecule has 106 valence electrons. The first-order chi connectivity index (χ1) is 9.02. The van der Waals surface area contributed by atoms with E-state index >= 15 is 0 Å². The number of fused-ring (bicyclic) bond motifs is 1. The number of likely N-dealkylation sites (tertiary alicyclic amines) is 1. The molecule has 6 nitrogen and oxygen atoms in total. The number of carboxylic acids is 1. The van der Waals surface area contributed by atoms with Gasteiger partial charge in [0, 0.05) is 25.6 Å². The van der Waals surface area contributed by atoms with Crippen LogP contribution in [0.25, 0.3) is 0 Å². The minimum absolute atomic E-state index is 0.186. The second-order valence-corrected chi connectivity index (χ2v) is 6.22. The molecule has 0 bridgehead atoms. The lowest BCUT2D eigenvalue weighted by Crippen LogP contribution is -2.43. The maximum absolute atomic E-state index is 12.0. The zero-order valence-corrected chi connectivity index (χ0v) is 10.8. The van der Waals surface area contributed by atoms with Crippen molar-refractivity contribution in [1.82, 2.24) is 10.2 Å². The number of aliphatic carboxylic acids is 1. The highest BCUT2D eigenvalue weighted by Crippen LogP contribution is 2.45. The minimum atomic E-state index is -0.818. The van der Waals surface area contributed by atoms with Crippen LogP contribution in [-0.2, 0) is 4.79 Å². The van der Waals surface area contributed by atoms with Crippen molar-refractivity contribution in [2.75, 3.05) is 19.6 Å². The van der Waals surface area contributed by atoms with Gasteiger partial charge in [0.2, 0.25) is 0 Å². The number of carboxylic acid groups (broad SMARTS) is 1. The number of carbonyl (C=O) groups excluding carboxylic acids is 1. The molecule has 2 aliphatic carbocycles. The summed E-state index contributed by atoms with van der Waals surface area (Å²) < 4.78 is 0. The first kappa shape index (κ1) is 12.7. The number of hydrogen-bond donors (Lipinski definition) is 3. The van der Waals surface area contributed by atoms with E-state index in [0.29, 0.717) is 31.8 Å². The first-order valence-corrected chi connectivity index (χ1v) is 6.96. The van der Waals surface area contributed by atoms with Crippen molar-refractivity contribution in [3.63, 3.8) is 0 Å². The number of aliphatic hydroxyl groups excluding tert-OH is 1. The van der Waals surface area contributed by atoms with Crippen LogP contribution in [0.2, 0.25) is 0 Å². The van der Waals surface area contributed by atoms with Gasteiger partial charge in [-0.3, -0.25) is 4.79 Å². The summed E-state index contributed by atoms with van der Waals surface area (Å²) in [5.74, 6) is -0.197. The van der Waals surface area contributed by atoms with Gasteiger partial charge >= 0.3 is 12.0 Å². The molecule has 2 amide bonds. The van der Waals surface area contributed by atoms with E-state index in [0.717, 1.165) is 12.8 Å². The summed E-state index contributed by atoms with van der Waals surface area (Å²) in [7, 11) is 0. The van der Waals surface area contributed by atoms with E-state index in [-0.39, 0.29) is 24.6 Å². The van der Waals surface area contributed by atoms with Gasteiger partial charge in [-0.15, -0.1) is 0 Å². The van der Waals surface area contributed by atoms with Crippen molar-refractivity contribution in [2.45, 2.75) is 31.8 Å². The number of urea groups is 1. The molecule has 0 aromatic rings. The smallest absolute Gasteiger partial charge is 0.317 e. The Balaban J connectivity index is 1.51. The van der Waals surface area contributed by atoms with Gasteiger partial charge in [-0.2, -0.15) is 0 Å². The fourth-order valence-electron chi connectivity index (χ4n) is 3.38. The van der Waals surface area contributed by atoms with Crippen LogP contribution < -0.4 is 5.32 Å². The molecule has 3 fully saturated rings. The Kier molecular flexibility index (Phi) is 2.92. The molecular weight excluding hydrogens is 248 g/mol. The predicted molar refractivity (Wildman–Crippen MR) is 66.5 cm³/mol. The molecule has 3 unspecified atom stereocenters. The molecule has 0 radical (unpaired) electrons. The van der Waals surface area contributed by atoms with Crippen LogP contribution in [0.1, 0.15) is 25.7 Å². The van der Waals surface area contributed by atoms with E-state index in [2.05, 4.69) is 5.32 Å². The number of hydrogen-bond acceptors (Lipinski definition) is 3. The fraction of sp³-hybridized carbons (Fsp3) is 0.846. The number of carbonyl (C=O) groups is 2. The van der Waals surface area contributed by atoms with Gasteiger partial charge in [0.15, 0.2) is 0 Å². The summed E-state index contributed by atoms with van der Waals surface area (Å²) in [6, 6.07) is -0.186. The molecule has 0 aromatic heterocycles. The zero-order chi connectivity index (χ0) is 13.6. The number of rotatable bonds is 3. The van der Waals surface area contributed by atoms with Crippen LogP contribution in [0.4, 0.5) is 4.79 Å². The molecule has 1 heterocycles. The van der Waals surface area contributed by atoms with Crippen molar-refractivity contribution in [2.24, 2.45) is 17.3 Å². The van der Waals surface area contributed by atoms with Gasteiger partial charge in [-0.1, -0.05) is 0 Å². The van der Waals surface area contributed by atoms with E-state index in [1.807, 2.05) is 0 Å². The second-order valence-electron chi connectivity index (χ2n) is 6.22. The summed E-state index contributed by atoms with van der Waals surface area (Å²) in [5.41, 5.74) is -0.717. The summed E-state index contributed by atoms with van der Waals surface area (Å²) in [5, 5.41) is 21.6. The summed E-state index contributed by atoms with van der Waals surface area (Å²) in [6.45, 7) is 1.50. The molecule has 3 aliphatic rings. The fourth-order valence-corrected chi connectivity index (χ4v) is 3.38. The Morgan fingerprint density at radius 1 is 1.26 bits per heavy atom. The number of amides is 2. The molecule has 0 aromatic carbocycles. The third-order valence-corrected chi connectivity index (χ3v) is 4.99. The Morgan fingerprint density at radius 3 is 2.58 bits per heavy atom. The van der Waals surface area contributed by atoms with Crippen LogP contribution in [0, 0.1) is 17.3 Å². The van der Waals surface area contributed by atoms with Crippen molar-refractivity contribution >= 4 is 12.0 Å². The number of aliphatic hydroxyl groups is 1. The summed E-state index contributed by atoms with van der Waals surface area (Å²) >= 11 is 0. The topological polar surface area (TPSA) is 89.9 Å². The van der Waals surface area contributed by atoms with E-state index in [4.69, 9.17) is 5.11 Å². The number of nitrogens with one attached hydrogen (secondary N) is 1. The Bertz CT molecular complexity index is 407. The Morgan fingerprint density at radius 2 is 2.00 bits per heavy atom. The molecule has 3 N–H and O–H groups in total. The lowest BCUT2D eigenvalue weighted by molar-refractivity contribution is -0.143. The van der Waals surface area contributed by atoms with Crippen molar-refractivity contribution < 1.29 is 19.8 Å². The van der Waals surface area contributed by atoms with E-state index < -0.39 is 11.4 Å². The average Bonchev–Trinajstić information content (AvgIpc) is 2.93. The second kappa shape index (κ2) is 4.37. The molecule has 19 heavy (non-hydrogen) atoms. The van der Waals surface area contributed by atoms with Gasteiger partial charge in [0.1, 0.15) is 0 Å². The average molecular weight is 268 g/mol. The number of nitrogens with zero attached hydrogens (tertiary/aromatic N) is 1. The van der Waals surface area contributed by atoms with Crippen LogP contribution >= 0.6 is 0 Å². The Hall–Kier alpha value is -1.30. The third kappa shape index (κ3) is 2.18. The van der Waals surface area contributed by atoms with Crippen LogP contribution in [0.5, 0.6) is 0 Å². The molecule has 3 rings (SSSR count). The summed E-state index contributed by atoms with van der Waals surface area (Å²) in [4.78, 5) is 24.8. The molecular formula is C13H20N2O4. The van der Waals surface area contributed by atoms with Gasteiger partial charge in [-0.05, 0) is 31.6 Å². The van der Waals surface area contributed by atoms with Crippen molar-refractivity contribution in [3.05, 3.63) is 0 Å². The van der Waals surface area contributed by atoms with Crippen molar-refractivity contribution in [3.8, 4) is 0 Å². The van der Waals surface area contributed by atoms with Crippen LogP contribution in [0.3, 0.4) is 0 Å². The highest BCUT2D eigenvalue weighted by molar-refractivity contribution is 5.80. The van der Waals surface area contributed by atoms with E-state index in [1.165, 1.54) is 0 Å².